The number of aryl methyl sites for hydroxylation is 1. The number of hydrogen-bond acceptors (Lipinski definition) is 7. The number of aliphatic imine (C=N–C) groups is 1. The molecule has 0 radical (unpaired) electrons. The fraction of sp³-hybridized carbons (Fsp3) is 0.120. The summed E-state index contributed by atoms with van der Waals surface area (Å²) in [6.45, 7) is 1.95. The summed E-state index contributed by atoms with van der Waals surface area (Å²) in [5, 5.41) is 14.4. The Morgan fingerprint density at radius 3 is 2.45 bits per heavy atom. The van der Waals surface area contributed by atoms with Crippen molar-refractivity contribution in [2.24, 2.45) is 4.99 Å². The second-order valence-corrected chi connectivity index (χ2v) is 9.33. The molecule has 8 nitrogen and oxygen atoms in total. The third-order valence-corrected chi connectivity index (χ3v) is 6.35. The van der Waals surface area contributed by atoms with Crippen molar-refractivity contribution in [1.82, 2.24) is 5.32 Å². The maximum Gasteiger partial charge on any atom is 0.416 e. The van der Waals surface area contributed by atoms with Gasteiger partial charge in [-0.1, -0.05) is 29.3 Å². The van der Waals surface area contributed by atoms with Crippen LogP contribution < -0.4 is 14.8 Å². The average molecular weight is 564 g/mol. The summed E-state index contributed by atoms with van der Waals surface area (Å²) in [5.41, 5.74) is 0.0835. The summed E-state index contributed by atoms with van der Waals surface area (Å²) in [6, 6.07) is 12.2. The molecular weight excluding hydrogens is 547 g/mol. The molecule has 1 amide bonds. The van der Waals surface area contributed by atoms with E-state index < -0.39 is 28.1 Å². The van der Waals surface area contributed by atoms with Crippen LogP contribution in [-0.4, -0.2) is 23.1 Å². The van der Waals surface area contributed by atoms with Crippen LogP contribution in [0.3, 0.4) is 0 Å². The van der Waals surface area contributed by atoms with E-state index in [4.69, 9.17) is 21.1 Å². The number of methoxy groups -OCH3 is 1. The van der Waals surface area contributed by atoms with Gasteiger partial charge in [-0.15, -0.1) is 0 Å². The van der Waals surface area contributed by atoms with Crippen molar-refractivity contribution < 1.29 is 32.4 Å². The molecule has 1 saturated heterocycles. The second kappa shape index (κ2) is 10.8. The summed E-state index contributed by atoms with van der Waals surface area (Å²) in [5.74, 6) is -0.950. The summed E-state index contributed by atoms with van der Waals surface area (Å²) in [7, 11) is 1.29. The molecule has 1 aliphatic heterocycles. The van der Waals surface area contributed by atoms with Gasteiger partial charge in [0.1, 0.15) is 0 Å². The number of thioether (sulfide) groups is 1. The van der Waals surface area contributed by atoms with Gasteiger partial charge in [-0.05, 0) is 66.7 Å². The Morgan fingerprint density at radius 2 is 1.82 bits per heavy atom. The van der Waals surface area contributed by atoms with Crippen LogP contribution in [0.15, 0.2) is 64.5 Å². The van der Waals surface area contributed by atoms with Crippen LogP contribution in [0.1, 0.15) is 16.7 Å². The van der Waals surface area contributed by atoms with Crippen LogP contribution >= 0.6 is 23.4 Å². The average Bonchev–Trinajstić information content (AvgIpc) is 3.19. The number of carbonyl (C=O) groups excluding carboxylic acids is 1. The normalized spacial score (nSPS) is 15.6. The summed E-state index contributed by atoms with van der Waals surface area (Å²) >= 11 is 7.47. The van der Waals surface area contributed by atoms with Crippen molar-refractivity contribution in [3.05, 3.63) is 91.3 Å². The van der Waals surface area contributed by atoms with E-state index in [0.717, 1.165) is 23.4 Å². The summed E-state index contributed by atoms with van der Waals surface area (Å²) < 4.78 is 49.9. The van der Waals surface area contributed by atoms with E-state index in [0.29, 0.717) is 33.5 Å². The molecule has 1 aliphatic rings. The smallest absolute Gasteiger partial charge is 0.416 e. The fourth-order valence-electron chi connectivity index (χ4n) is 3.32. The van der Waals surface area contributed by atoms with Crippen molar-refractivity contribution in [1.29, 1.82) is 0 Å². The molecule has 0 bridgehead atoms. The third kappa shape index (κ3) is 6.09. The number of amidine groups is 1. The van der Waals surface area contributed by atoms with Gasteiger partial charge in [-0.2, -0.15) is 13.2 Å². The monoisotopic (exact) mass is 563 g/mol. The van der Waals surface area contributed by atoms with Crippen LogP contribution in [0, 0.1) is 17.0 Å². The highest BCUT2D eigenvalue weighted by atomic mass is 35.5. The standard InChI is InChI=1S/C25H17ClF3N3O5S/c1-13-3-6-16(7-4-13)30-24-31-23(33)21(38-24)11-14-9-17(26)22(20(10-14)36-2)37-19-8-5-15(25(27,28)29)12-18(19)32(34)35/h3-12H,1-2H3,(H,30,31,33)/b21-11-. The lowest BCUT2D eigenvalue weighted by molar-refractivity contribution is -0.385. The fourth-order valence-corrected chi connectivity index (χ4v) is 4.42. The molecule has 13 heteroatoms. The van der Waals surface area contributed by atoms with E-state index in [1.807, 2.05) is 31.2 Å². The van der Waals surface area contributed by atoms with Crippen LogP contribution in [0.4, 0.5) is 24.5 Å². The highest BCUT2D eigenvalue weighted by Crippen LogP contribution is 2.44. The zero-order valence-electron chi connectivity index (χ0n) is 19.6. The van der Waals surface area contributed by atoms with Gasteiger partial charge in [0.15, 0.2) is 16.7 Å². The number of nitro benzene ring substituents is 1. The lowest BCUT2D eigenvalue weighted by Crippen LogP contribution is -2.19. The van der Waals surface area contributed by atoms with E-state index in [1.165, 1.54) is 25.3 Å². The zero-order chi connectivity index (χ0) is 27.6. The van der Waals surface area contributed by atoms with Gasteiger partial charge in [0.05, 0.1) is 33.2 Å². The minimum absolute atomic E-state index is 0.0375. The Labute approximate surface area is 223 Å². The number of halogens is 4. The molecule has 0 unspecified atom stereocenters. The van der Waals surface area contributed by atoms with E-state index >= 15 is 0 Å². The lowest BCUT2D eigenvalue weighted by Gasteiger charge is -2.14. The molecule has 0 aromatic heterocycles. The lowest BCUT2D eigenvalue weighted by atomic mass is 10.1. The van der Waals surface area contributed by atoms with Gasteiger partial charge < -0.3 is 14.8 Å². The number of hydrogen-bond donors (Lipinski definition) is 1. The van der Waals surface area contributed by atoms with Crippen molar-refractivity contribution in [3.63, 3.8) is 0 Å². The highest BCUT2D eigenvalue weighted by Gasteiger charge is 2.34. The quantitative estimate of drug-likeness (QED) is 0.192. The van der Waals surface area contributed by atoms with Crippen LogP contribution in [0.25, 0.3) is 6.08 Å². The maximum atomic E-state index is 13.0. The molecule has 0 saturated carbocycles. The first-order chi connectivity index (χ1) is 17.9. The SMILES string of the molecule is COc1cc(/C=C2\SC(=Nc3ccc(C)cc3)NC2=O)cc(Cl)c1Oc1ccc(C(F)(F)F)cc1[N+](=O)[O-]. The number of amides is 1. The van der Waals surface area contributed by atoms with Gasteiger partial charge in [0, 0.05) is 6.07 Å². The van der Waals surface area contributed by atoms with Gasteiger partial charge in [0.2, 0.25) is 5.75 Å². The van der Waals surface area contributed by atoms with Gasteiger partial charge in [0.25, 0.3) is 5.91 Å². The number of benzene rings is 3. The number of nitrogens with zero attached hydrogens (tertiary/aromatic N) is 2. The molecular formula is C25H17ClF3N3O5S. The number of nitrogens with one attached hydrogen (secondary N) is 1. The highest BCUT2D eigenvalue weighted by molar-refractivity contribution is 8.18. The van der Waals surface area contributed by atoms with Crippen molar-refractivity contribution >= 4 is 51.9 Å². The number of nitro groups is 1. The second-order valence-electron chi connectivity index (χ2n) is 7.89. The van der Waals surface area contributed by atoms with E-state index in [-0.39, 0.29) is 22.4 Å². The van der Waals surface area contributed by atoms with Gasteiger partial charge >= 0.3 is 11.9 Å². The predicted octanol–water partition coefficient (Wildman–Crippen LogP) is 7.27. The molecule has 0 atom stereocenters. The van der Waals surface area contributed by atoms with Gasteiger partial charge in [-0.25, -0.2) is 4.99 Å². The Kier molecular flexibility index (Phi) is 7.65. The molecule has 1 fully saturated rings. The molecule has 0 aliphatic carbocycles. The maximum absolute atomic E-state index is 13.0. The number of alkyl halides is 3. The Morgan fingerprint density at radius 1 is 1.11 bits per heavy atom. The topological polar surface area (TPSA) is 103 Å². The first-order valence-electron chi connectivity index (χ1n) is 10.7. The van der Waals surface area contributed by atoms with E-state index in [1.54, 1.807) is 0 Å². The molecule has 4 rings (SSSR count). The number of carbonyl (C=O) groups is 1. The number of ether oxygens (including phenoxy) is 2. The zero-order valence-corrected chi connectivity index (χ0v) is 21.2. The van der Waals surface area contributed by atoms with Crippen molar-refractivity contribution in [2.75, 3.05) is 7.11 Å². The minimum Gasteiger partial charge on any atom is -0.493 e. The predicted molar refractivity (Wildman–Crippen MR) is 138 cm³/mol. The molecule has 0 spiro atoms. The van der Waals surface area contributed by atoms with E-state index in [2.05, 4.69) is 10.3 Å². The Bertz CT molecular complexity index is 1490. The van der Waals surface area contributed by atoms with Crippen LogP contribution in [0.5, 0.6) is 17.2 Å². The first-order valence-corrected chi connectivity index (χ1v) is 11.9. The van der Waals surface area contributed by atoms with Crippen LogP contribution in [-0.2, 0) is 11.0 Å². The molecule has 3 aromatic carbocycles. The molecule has 38 heavy (non-hydrogen) atoms. The molecule has 196 valence electrons. The number of rotatable bonds is 6. The first kappa shape index (κ1) is 27.0. The minimum atomic E-state index is -4.77. The largest absolute Gasteiger partial charge is 0.493 e. The van der Waals surface area contributed by atoms with Gasteiger partial charge in [-0.3, -0.25) is 14.9 Å². The molecule has 1 N–H and O–H groups in total. The van der Waals surface area contributed by atoms with Crippen molar-refractivity contribution in [2.45, 2.75) is 13.1 Å². The van der Waals surface area contributed by atoms with Crippen molar-refractivity contribution in [3.8, 4) is 17.2 Å². The molecule has 3 aromatic rings. The molecule has 1 heterocycles. The Hall–Kier alpha value is -4.03. The third-order valence-electron chi connectivity index (χ3n) is 5.16. The Balaban J connectivity index is 1.63. The summed E-state index contributed by atoms with van der Waals surface area (Å²) in [4.78, 5) is 27.6. The van der Waals surface area contributed by atoms with E-state index in [9.17, 15) is 28.1 Å². The van der Waals surface area contributed by atoms with Crippen LogP contribution in [0.2, 0.25) is 5.02 Å². The summed E-state index contributed by atoms with van der Waals surface area (Å²) in [6.07, 6.45) is -3.24.